The minimum Gasteiger partial charge on any atom is -0.393 e. The van der Waals surface area contributed by atoms with Crippen LogP contribution in [0.1, 0.15) is 18.4 Å². The highest BCUT2D eigenvalue weighted by Gasteiger charge is 2.28. The molecule has 0 atom stereocenters. The van der Waals surface area contributed by atoms with E-state index in [0.717, 1.165) is 30.6 Å². The number of hydrogen-bond acceptors (Lipinski definition) is 3. The van der Waals surface area contributed by atoms with Gasteiger partial charge in [-0.2, -0.15) is 0 Å². The fraction of sp³-hybridized carbons (Fsp3) is 0.533. The quantitative estimate of drug-likeness (QED) is 0.876. The van der Waals surface area contributed by atoms with Crippen molar-refractivity contribution >= 4 is 23.2 Å². The van der Waals surface area contributed by atoms with E-state index in [4.69, 9.17) is 11.6 Å². The number of aryl methyl sites for hydroxylation is 1. The van der Waals surface area contributed by atoms with Gasteiger partial charge in [-0.15, -0.1) is 0 Å². The monoisotopic (exact) mass is 296 g/mol. The Labute approximate surface area is 124 Å². The first kappa shape index (κ1) is 15.3. The Hall–Kier alpha value is -1.10. The normalized spacial score (nSPS) is 21.6. The van der Waals surface area contributed by atoms with E-state index in [0.29, 0.717) is 17.5 Å². The van der Waals surface area contributed by atoms with E-state index in [1.165, 1.54) is 0 Å². The number of aliphatic hydroxyl groups is 1. The second-order valence-electron chi connectivity index (χ2n) is 5.70. The molecule has 0 radical (unpaired) electrons. The van der Waals surface area contributed by atoms with Crippen LogP contribution in [0.3, 0.4) is 0 Å². The minimum atomic E-state index is -0.142. The molecule has 1 aliphatic carbocycles. The van der Waals surface area contributed by atoms with Crippen molar-refractivity contribution in [3.8, 4) is 0 Å². The highest BCUT2D eigenvalue weighted by atomic mass is 35.5. The molecule has 2 N–H and O–H groups in total. The second kappa shape index (κ2) is 6.57. The van der Waals surface area contributed by atoms with Crippen LogP contribution in [0.5, 0.6) is 0 Å². The van der Waals surface area contributed by atoms with Gasteiger partial charge >= 0.3 is 0 Å². The van der Waals surface area contributed by atoms with Crippen LogP contribution >= 0.6 is 11.6 Å². The van der Waals surface area contributed by atoms with Crippen LogP contribution in [0.25, 0.3) is 0 Å². The van der Waals surface area contributed by atoms with Crippen molar-refractivity contribution in [1.29, 1.82) is 0 Å². The van der Waals surface area contributed by atoms with E-state index < -0.39 is 0 Å². The molecule has 1 aliphatic rings. The fourth-order valence-corrected chi connectivity index (χ4v) is 2.69. The number of carbonyl (C=O) groups is 1. The number of aliphatic hydroxyl groups excluding tert-OH is 1. The number of benzene rings is 1. The number of nitrogens with zero attached hydrogens (tertiary/aromatic N) is 1. The lowest BCUT2D eigenvalue weighted by molar-refractivity contribution is -0.117. The number of nitrogens with one attached hydrogen (secondary N) is 1. The Kier molecular flexibility index (Phi) is 5.02. The summed E-state index contributed by atoms with van der Waals surface area (Å²) in [4.78, 5) is 14.0. The van der Waals surface area contributed by atoms with Crippen LogP contribution in [-0.4, -0.2) is 42.2 Å². The Morgan fingerprint density at radius 1 is 1.50 bits per heavy atom. The summed E-state index contributed by atoms with van der Waals surface area (Å²) >= 11 is 5.93. The molecule has 20 heavy (non-hydrogen) atoms. The summed E-state index contributed by atoms with van der Waals surface area (Å²) in [5.74, 6) is 0.466. The lowest BCUT2D eigenvalue weighted by atomic mass is 9.82. The fourth-order valence-electron chi connectivity index (χ4n) is 2.52. The molecule has 0 heterocycles. The highest BCUT2D eigenvalue weighted by Crippen LogP contribution is 2.27. The van der Waals surface area contributed by atoms with Crippen LogP contribution in [0.4, 0.5) is 5.69 Å². The third-order valence-electron chi connectivity index (χ3n) is 3.67. The van der Waals surface area contributed by atoms with E-state index >= 15 is 0 Å². The predicted molar refractivity (Wildman–Crippen MR) is 81.0 cm³/mol. The lowest BCUT2D eigenvalue weighted by Crippen LogP contribution is -2.40. The number of anilines is 1. The van der Waals surface area contributed by atoms with Gasteiger partial charge in [0.1, 0.15) is 0 Å². The van der Waals surface area contributed by atoms with Crippen molar-refractivity contribution in [3.63, 3.8) is 0 Å². The molecule has 0 aromatic heterocycles. The Morgan fingerprint density at radius 3 is 2.85 bits per heavy atom. The molecule has 110 valence electrons. The van der Waals surface area contributed by atoms with Crippen LogP contribution in [0.2, 0.25) is 5.02 Å². The van der Waals surface area contributed by atoms with E-state index in [2.05, 4.69) is 5.32 Å². The number of amides is 1. The van der Waals surface area contributed by atoms with Crippen molar-refractivity contribution in [2.75, 3.05) is 25.5 Å². The standard InChI is InChI=1S/C15H21ClN2O2/c1-10-3-4-12(16)7-14(10)17-15(20)9-18(2)8-11-5-13(19)6-11/h3-4,7,11,13,19H,5-6,8-9H2,1-2H3,(H,17,20). The maximum Gasteiger partial charge on any atom is 0.238 e. The maximum absolute atomic E-state index is 12.0. The van der Waals surface area contributed by atoms with Gasteiger partial charge in [0.2, 0.25) is 5.91 Å². The number of halogens is 1. The van der Waals surface area contributed by atoms with Gasteiger partial charge in [-0.1, -0.05) is 17.7 Å². The Balaban J connectivity index is 1.81. The zero-order valence-electron chi connectivity index (χ0n) is 11.9. The third kappa shape index (κ3) is 4.20. The van der Waals surface area contributed by atoms with Gasteiger partial charge in [-0.3, -0.25) is 9.69 Å². The van der Waals surface area contributed by atoms with E-state index in [1.807, 2.05) is 24.9 Å². The predicted octanol–water partition coefficient (Wildman–Crippen LogP) is 2.29. The minimum absolute atomic E-state index is 0.0438. The zero-order chi connectivity index (χ0) is 14.7. The Morgan fingerprint density at radius 2 is 2.20 bits per heavy atom. The van der Waals surface area contributed by atoms with Crippen molar-refractivity contribution < 1.29 is 9.90 Å². The average molecular weight is 297 g/mol. The molecule has 4 nitrogen and oxygen atoms in total. The molecular formula is C15H21ClN2O2. The lowest BCUT2D eigenvalue weighted by Gasteiger charge is -2.34. The van der Waals surface area contributed by atoms with E-state index in [-0.39, 0.29) is 12.0 Å². The number of rotatable bonds is 5. The number of hydrogen-bond donors (Lipinski definition) is 2. The van der Waals surface area contributed by atoms with Gasteiger partial charge in [0.15, 0.2) is 0 Å². The topological polar surface area (TPSA) is 52.6 Å². The highest BCUT2D eigenvalue weighted by molar-refractivity contribution is 6.31. The zero-order valence-corrected chi connectivity index (χ0v) is 12.7. The molecule has 1 aromatic rings. The summed E-state index contributed by atoms with van der Waals surface area (Å²) in [6.07, 6.45) is 1.55. The SMILES string of the molecule is Cc1ccc(Cl)cc1NC(=O)CN(C)CC1CC(O)C1. The summed E-state index contributed by atoms with van der Waals surface area (Å²) in [7, 11) is 1.93. The molecule has 0 saturated heterocycles. The molecule has 1 saturated carbocycles. The van der Waals surface area contributed by atoms with Crippen LogP contribution in [0, 0.1) is 12.8 Å². The van der Waals surface area contributed by atoms with Gasteiger partial charge in [0.05, 0.1) is 12.6 Å². The average Bonchev–Trinajstić information content (AvgIpc) is 2.31. The van der Waals surface area contributed by atoms with E-state index in [1.54, 1.807) is 12.1 Å². The molecule has 0 bridgehead atoms. The summed E-state index contributed by atoms with van der Waals surface area (Å²) in [5.41, 5.74) is 1.75. The van der Waals surface area contributed by atoms with Crippen molar-refractivity contribution in [3.05, 3.63) is 28.8 Å². The molecular weight excluding hydrogens is 276 g/mol. The molecule has 0 aliphatic heterocycles. The molecule has 1 amide bonds. The van der Waals surface area contributed by atoms with Gasteiger partial charge < -0.3 is 10.4 Å². The van der Waals surface area contributed by atoms with Crippen LogP contribution < -0.4 is 5.32 Å². The summed E-state index contributed by atoms with van der Waals surface area (Å²) in [6, 6.07) is 5.45. The first-order chi connectivity index (χ1) is 9.44. The number of carbonyl (C=O) groups excluding carboxylic acids is 1. The van der Waals surface area contributed by atoms with Crippen molar-refractivity contribution in [2.24, 2.45) is 5.92 Å². The van der Waals surface area contributed by atoms with Crippen LogP contribution in [0.15, 0.2) is 18.2 Å². The van der Waals surface area contributed by atoms with Crippen molar-refractivity contribution in [2.45, 2.75) is 25.9 Å². The van der Waals surface area contributed by atoms with Gasteiger partial charge in [0, 0.05) is 17.3 Å². The third-order valence-corrected chi connectivity index (χ3v) is 3.90. The molecule has 5 heteroatoms. The number of likely N-dealkylation sites (N-methyl/N-ethyl adjacent to an activating group) is 1. The molecule has 1 aromatic carbocycles. The summed E-state index contributed by atoms with van der Waals surface area (Å²) in [6.45, 7) is 3.13. The largest absolute Gasteiger partial charge is 0.393 e. The maximum atomic E-state index is 12.0. The first-order valence-corrected chi connectivity index (χ1v) is 7.24. The summed E-state index contributed by atoms with van der Waals surface area (Å²) in [5, 5.41) is 12.8. The van der Waals surface area contributed by atoms with Gasteiger partial charge in [0.25, 0.3) is 0 Å². The molecule has 0 spiro atoms. The molecule has 2 rings (SSSR count). The van der Waals surface area contributed by atoms with E-state index in [9.17, 15) is 9.90 Å². The van der Waals surface area contributed by atoms with Crippen molar-refractivity contribution in [1.82, 2.24) is 4.90 Å². The molecule has 0 unspecified atom stereocenters. The Bertz CT molecular complexity index is 487. The van der Waals surface area contributed by atoms with Gasteiger partial charge in [-0.25, -0.2) is 0 Å². The first-order valence-electron chi connectivity index (χ1n) is 6.86. The van der Waals surface area contributed by atoms with Gasteiger partial charge in [-0.05, 0) is 50.4 Å². The summed E-state index contributed by atoms with van der Waals surface area (Å²) < 4.78 is 0. The smallest absolute Gasteiger partial charge is 0.238 e. The molecule has 1 fully saturated rings. The second-order valence-corrected chi connectivity index (χ2v) is 6.13. The van der Waals surface area contributed by atoms with Crippen LogP contribution in [-0.2, 0) is 4.79 Å².